The number of benzene rings is 2. The fourth-order valence-corrected chi connectivity index (χ4v) is 2.38. The Morgan fingerprint density at radius 1 is 1.21 bits per heavy atom. The number of urea groups is 1. The van der Waals surface area contributed by atoms with Crippen molar-refractivity contribution in [2.75, 3.05) is 12.4 Å². The number of anilines is 1. The average molecular weight is 375 g/mol. The lowest BCUT2D eigenvalue weighted by atomic mass is 10.2. The van der Waals surface area contributed by atoms with Crippen molar-refractivity contribution in [2.45, 2.75) is 13.2 Å². The quantitative estimate of drug-likeness (QED) is 0.775. The van der Waals surface area contributed by atoms with Gasteiger partial charge in [-0.1, -0.05) is 35.3 Å². The Balaban J connectivity index is 1.95. The van der Waals surface area contributed by atoms with Crippen molar-refractivity contribution in [3.8, 4) is 5.75 Å². The molecule has 2 aromatic carbocycles. The molecule has 0 unspecified atom stereocenters. The van der Waals surface area contributed by atoms with Crippen LogP contribution in [0, 0.1) is 0 Å². The summed E-state index contributed by atoms with van der Waals surface area (Å²) in [6.07, 6.45) is 0. The summed E-state index contributed by atoms with van der Waals surface area (Å²) >= 11 is 11.8. The molecule has 8 heteroatoms. The average Bonchev–Trinajstić information content (AvgIpc) is 2.51. The predicted octanol–water partition coefficient (Wildman–Crippen LogP) is 5.26. The second-order valence-electron chi connectivity index (χ2n) is 4.93. The number of rotatable bonds is 5. The predicted molar refractivity (Wildman–Crippen MR) is 90.0 cm³/mol. The third-order valence-corrected chi connectivity index (χ3v) is 3.64. The molecule has 0 aliphatic carbocycles. The molecule has 0 radical (unpaired) electrons. The molecule has 128 valence electrons. The van der Waals surface area contributed by atoms with Crippen molar-refractivity contribution in [1.29, 1.82) is 0 Å². The van der Waals surface area contributed by atoms with Crippen LogP contribution in [0.25, 0.3) is 0 Å². The third kappa shape index (κ3) is 5.25. The van der Waals surface area contributed by atoms with Gasteiger partial charge >= 0.3 is 12.6 Å². The van der Waals surface area contributed by atoms with Crippen molar-refractivity contribution >= 4 is 34.9 Å². The van der Waals surface area contributed by atoms with Crippen LogP contribution in [0.3, 0.4) is 0 Å². The maximum absolute atomic E-state index is 12.2. The Kier molecular flexibility index (Phi) is 6.23. The van der Waals surface area contributed by atoms with Crippen molar-refractivity contribution in [3.63, 3.8) is 0 Å². The van der Waals surface area contributed by atoms with Crippen molar-refractivity contribution in [2.24, 2.45) is 0 Å². The van der Waals surface area contributed by atoms with E-state index in [4.69, 9.17) is 23.2 Å². The lowest BCUT2D eigenvalue weighted by Gasteiger charge is -2.19. The summed E-state index contributed by atoms with van der Waals surface area (Å²) in [5.41, 5.74) is 1.20. The van der Waals surface area contributed by atoms with Crippen LogP contribution < -0.4 is 10.1 Å². The van der Waals surface area contributed by atoms with E-state index in [1.807, 2.05) is 0 Å². The number of hydrogen-bond acceptors (Lipinski definition) is 2. The Bertz CT molecular complexity index is 712. The molecule has 0 saturated heterocycles. The topological polar surface area (TPSA) is 41.6 Å². The maximum atomic E-state index is 12.2. The molecule has 0 heterocycles. The van der Waals surface area contributed by atoms with Crippen LogP contribution in [0.1, 0.15) is 5.56 Å². The van der Waals surface area contributed by atoms with Crippen LogP contribution in [0.15, 0.2) is 42.5 Å². The molecule has 0 spiro atoms. The first-order valence-corrected chi connectivity index (χ1v) is 7.61. The minimum atomic E-state index is -2.87. The molecule has 2 rings (SSSR count). The van der Waals surface area contributed by atoms with Gasteiger partial charge in [0.25, 0.3) is 0 Å². The van der Waals surface area contributed by atoms with E-state index in [-0.39, 0.29) is 18.3 Å². The lowest BCUT2D eigenvalue weighted by molar-refractivity contribution is -0.0498. The molecule has 0 atom stereocenters. The minimum Gasteiger partial charge on any atom is -0.435 e. The van der Waals surface area contributed by atoms with Gasteiger partial charge in [0.1, 0.15) is 5.75 Å². The van der Waals surface area contributed by atoms with Gasteiger partial charge in [-0.15, -0.1) is 0 Å². The highest BCUT2D eigenvalue weighted by Crippen LogP contribution is 2.25. The van der Waals surface area contributed by atoms with E-state index in [0.717, 1.165) is 5.56 Å². The largest absolute Gasteiger partial charge is 0.435 e. The lowest BCUT2D eigenvalue weighted by Crippen LogP contribution is -2.30. The first-order chi connectivity index (χ1) is 11.3. The Morgan fingerprint density at radius 3 is 2.46 bits per heavy atom. The standard InChI is InChI=1S/C16H14Cl2F2N2O2/c1-22(9-10-2-5-12(6-3-10)24-15(19)20)16(23)21-14-7-4-11(17)8-13(14)18/h2-8,15H,9H2,1H3,(H,21,23). The first kappa shape index (κ1) is 18.3. The first-order valence-electron chi connectivity index (χ1n) is 6.86. The van der Waals surface area contributed by atoms with Crippen LogP contribution in [0.5, 0.6) is 5.75 Å². The van der Waals surface area contributed by atoms with Gasteiger partial charge in [0, 0.05) is 18.6 Å². The third-order valence-electron chi connectivity index (χ3n) is 3.09. The summed E-state index contributed by atoms with van der Waals surface area (Å²) in [4.78, 5) is 13.6. The molecule has 0 saturated carbocycles. The van der Waals surface area contributed by atoms with Gasteiger partial charge < -0.3 is 15.0 Å². The van der Waals surface area contributed by atoms with E-state index >= 15 is 0 Å². The van der Waals surface area contributed by atoms with Crippen LogP contribution in [-0.2, 0) is 6.54 Å². The Hall–Kier alpha value is -2.05. The van der Waals surface area contributed by atoms with Gasteiger partial charge in [0.05, 0.1) is 10.7 Å². The van der Waals surface area contributed by atoms with E-state index in [2.05, 4.69) is 10.1 Å². The maximum Gasteiger partial charge on any atom is 0.387 e. The molecule has 0 fully saturated rings. The zero-order valence-electron chi connectivity index (χ0n) is 12.6. The van der Waals surface area contributed by atoms with Gasteiger partial charge in [-0.2, -0.15) is 8.78 Å². The number of hydrogen-bond donors (Lipinski definition) is 1. The summed E-state index contributed by atoms with van der Waals surface area (Å²) in [6.45, 7) is -2.58. The molecule has 4 nitrogen and oxygen atoms in total. The molecular weight excluding hydrogens is 361 g/mol. The monoisotopic (exact) mass is 374 g/mol. The number of alkyl halides is 2. The number of halogens is 4. The van der Waals surface area contributed by atoms with Crippen molar-refractivity contribution in [3.05, 3.63) is 58.1 Å². The number of amides is 2. The fourth-order valence-electron chi connectivity index (χ4n) is 1.92. The Labute approximate surface area is 147 Å². The van der Waals surface area contributed by atoms with E-state index in [1.54, 1.807) is 31.3 Å². The van der Waals surface area contributed by atoms with Crippen LogP contribution >= 0.6 is 23.2 Å². The highest BCUT2D eigenvalue weighted by Gasteiger charge is 2.12. The summed E-state index contributed by atoms with van der Waals surface area (Å²) in [5, 5.41) is 3.47. The number of ether oxygens (including phenoxy) is 1. The molecule has 0 aliphatic rings. The number of nitrogens with zero attached hydrogens (tertiary/aromatic N) is 1. The number of carbonyl (C=O) groups is 1. The number of carbonyl (C=O) groups excluding carboxylic acids is 1. The normalized spacial score (nSPS) is 10.6. The zero-order chi connectivity index (χ0) is 17.7. The van der Waals surface area contributed by atoms with E-state index < -0.39 is 6.61 Å². The summed E-state index contributed by atoms with van der Waals surface area (Å²) in [5.74, 6) is 0.0637. The number of nitrogens with one attached hydrogen (secondary N) is 1. The highest BCUT2D eigenvalue weighted by molar-refractivity contribution is 6.36. The zero-order valence-corrected chi connectivity index (χ0v) is 14.1. The van der Waals surface area contributed by atoms with Gasteiger partial charge in [-0.3, -0.25) is 0 Å². The molecule has 1 N–H and O–H groups in total. The van der Waals surface area contributed by atoms with E-state index in [9.17, 15) is 13.6 Å². The molecule has 0 aliphatic heterocycles. The summed E-state index contributed by atoms with van der Waals surface area (Å²) in [7, 11) is 1.60. The van der Waals surface area contributed by atoms with E-state index in [0.29, 0.717) is 15.7 Å². The van der Waals surface area contributed by atoms with Gasteiger partial charge in [0.15, 0.2) is 0 Å². The van der Waals surface area contributed by atoms with Crippen molar-refractivity contribution in [1.82, 2.24) is 4.90 Å². The molecule has 0 bridgehead atoms. The molecule has 24 heavy (non-hydrogen) atoms. The van der Waals surface area contributed by atoms with Crippen LogP contribution in [0.2, 0.25) is 10.0 Å². The van der Waals surface area contributed by atoms with Gasteiger partial charge in [0.2, 0.25) is 0 Å². The van der Waals surface area contributed by atoms with Crippen LogP contribution in [0.4, 0.5) is 19.3 Å². The van der Waals surface area contributed by atoms with Gasteiger partial charge in [-0.05, 0) is 35.9 Å². The molecule has 2 amide bonds. The second kappa shape index (κ2) is 8.17. The Morgan fingerprint density at radius 2 is 1.88 bits per heavy atom. The fraction of sp³-hybridized carbons (Fsp3) is 0.188. The molecule has 0 aromatic heterocycles. The van der Waals surface area contributed by atoms with E-state index in [1.165, 1.54) is 23.1 Å². The summed E-state index contributed by atoms with van der Waals surface area (Å²) < 4.78 is 28.5. The second-order valence-corrected chi connectivity index (χ2v) is 5.78. The molecule has 2 aromatic rings. The van der Waals surface area contributed by atoms with Crippen molar-refractivity contribution < 1.29 is 18.3 Å². The molecular formula is C16H14Cl2F2N2O2. The minimum absolute atomic E-state index is 0.0637. The smallest absolute Gasteiger partial charge is 0.387 e. The van der Waals surface area contributed by atoms with Crippen LogP contribution in [-0.4, -0.2) is 24.6 Å². The SMILES string of the molecule is CN(Cc1ccc(OC(F)F)cc1)C(=O)Nc1ccc(Cl)cc1Cl. The van der Waals surface area contributed by atoms with Gasteiger partial charge in [-0.25, -0.2) is 4.79 Å². The highest BCUT2D eigenvalue weighted by atomic mass is 35.5. The summed E-state index contributed by atoms with van der Waals surface area (Å²) in [6, 6.07) is 10.4.